The van der Waals surface area contributed by atoms with Crippen molar-refractivity contribution in [3.63, 3.8) is 0 Å². The topological polar surface area (TPSA) is 105 Å². The molecule has 0 fully saturated rings. The van der Waals surface area contributed by atoms with Crippen LogP contribution in [0.15, 0.2) is 36.4 Å². The number of hydrogen-bond acceptors (Lipinski definition) is 7. The molecule has 244 valence electrons. The summed E-state index contributed by atoms with van der Waals surface area (Å²) in [7, 11) is 0. The molecule has 0 saturated carbocycles. The first-order valence-electron chi connectivity index (χ1n) is 15.9. The fraction of sp³-hybridized carbons (Fsp3) is 0.611. The second kappa shape index (κ2) is 15.2. The molecule has 0 aromatic heterocycles. The molecule has 44 heavy (non-hydrogen) atoms. The summed E-state index contributed by atoms with van der Waals surface area (Å²) in [6.45, 7) is 14.9. The van der Waals surface area contributed by atoms with Gasteiger partial charge in [-0.3, -0.25) is 9.59 Å². The Morgan fingerprint density at radius 2 is 1.32 bits per heavy atom. The van der Waals surface area contributed by atoms with Crippen LogP contribution >= 0.6 is 22.6 Å². The van der Waals surface area contributed by atoms with Gasteiger partial charge in [-0.25, -0.2) is 0 Å². The van der Waals surface area contributed by atoms with Crippen LogP contribution in [-0.4, -0.2) is 61.9 Å². The minimum Gasteiger partial charge on any atom is -0.390 e. The van der Waals surface area contributed by atoms with E-state index >= 15 is 0 Å². The Labute approximate surface area is 277 Å². The quantitative estimate of drug-likeness (QED) is 0.0705. The lowest BCUT2D eigenvalue weighted by molar-refractivity contribution is -0.0649. The van der Waals surface area contributed by atoms with E-state index in [0.717, 1.165) is 44.1 Å². The van der Waals surface area contributed by atoms with Crippen LogP contribution in [0.3, 0.4) is 0 Å². The van der Waals surface area contributed by atoms with Crippen LogP contribution < -0.4 is 5.32 Å². The summed E-state index contributed by atoms with van der Waals surface area (Å²) in [5, 5.41) is 23.4. The fourth-order valence-corrected chi connectivity index (χ4v) is 5.63. The van der Waals surface area contributed by atoms with Gasteiger partial charge in [0.05, 0.1) is 35.6 Å². The molecule has 2 aromatic carbocycles. The van der Waals surface area contributed by atoms with Crippen molar-refractivity contribution in [3.8, 4) is 0 Å². The lowest BCUT2D eigenvalue weighted by Crippen LogP contribution is -2.32. The average molecular weight is 722 g/mol. The van der Waals surface area contributed by atoms with E-state index in [4.69, 9.17) is 9.47 Å². The second-order valence-electron chi connectivity index (χ2n) is 14.2. The molecule has 2 aromatic rings. The van der Waals surface area contributed by atoms with Crippen molar-refractivity contribution in [2.24, 2.45) is 0 Å². The first kappa shape index (κ1) is 36.6. The fourth-order valence-electron chi connectivity index (χ4n) is 5.47. The van der Waals surface area contributed by atoms with Gasteiger partial charge in [-0.15, -0.1) is 0 Å². The summed E-state index contributed by atoms with van der Waals surface area (Å²) in [6.07, 6.45) is 6.60. The number of fused-ring (bicyclic) bond motifs is 2. The standard InChI is InChI=1S/C36H52INO6/c1-33(2,41)21-23-43-34(3,4)20-13-22-38-28-18-17-25(14-9-8-12-19-35(5,6)44-24-36(7,37)42)29-30(28)32(40)27-16-11-10-15-26(27)31(29)39/h10-11,15-18,38,41-42H,8-9,12-14,19-24H2,1-7H3. The largest absolute Gasteiger partial charge is 0.390 e. The Hall–Kier alpha value is -1.85. The van der Waals surface area contributed by atoms with E-state index in [0.29, 0.717) is 53.9 Å². The van der Waals surface area contributed by atoms with Gasteiger partial charge in [-0.2, -0.15) is 0 Å². The van der Waals surface area contributed by atoms with E-state index in [1.807, 2.05) is 54.6 Å². The predicted molar refractivity (Wildman–Crippen MR) is 185 cm³/mol. The number of carbonyl (C=O) groups is 2. The highest BCUT2D eigenvalue weighted by Crippen LogP contribution is 2.35. The smallest absolute Gasteiger partial charge is 0.196 e. The van der Waals surface area contributed by atoms with Gasteiger partial charge in [0, 0.05) is 28.9 Å². The number of ketones is 2. The predicted octanol–water partition coefficient (Wildman–Crippen LogP) is 7.65. The van der Waals surface area contributed by atoms with Crippen LogP contribution in [-0.2, 0) is 15.9 Å². The molecular weight excluding hydrogens is 669 g/mol. The number of halogens is 1. The zero-order valence-electron chi connectivity index (χ0n) is 27.6. The zero-order chi connectivity index (χ0) is 32.8. The molecule has 0 spiro atoms. The maximum absolute atomic E-state index is 13.8. The van der Waals surface area contributed by atoms with Crippen molar-refractivity contribution in [1.82, 2.24) is 0 Å². The summed E-state index contributed by atoms with van der Waals surface area (Å²) in [5.74, 6) is -0.199. The van der Waals surface area contributed by atoms with Gasteiger partial charge in [-0.05, 0) is 121 Å². The van der Waals surface area contributed by atoms with E-state index in [1.165, 1.54) is 0 Å². The van der Waals surface area contributed by atoms with Crippen LogP contribution in [0.4, 0.5) is 5.69 Å². The van der Waals surface area contributed by atoms with Gasteiger partial charge in [0.15, 0.2) is 11.6 Å². The number of unbranched alkanes of at least 4 members (excludes halogenated alkanes) is 2. The number of ether oxygens (including phenoxy) is 2. The molecule has 0 radical (unpaired) electrons. The third-order valence-corrected chi connectivity index (χ3v) is 8.40. The minimum atomic E-state index is -0.888. The van der Waals surface area contributed by atoms with Gasteiger partial charge in [0.2, 0.25) is 0 Å². The van der Waals surface area contributed by atoms with Crippen LogP contribution in [0.5, 0.6) is 0 Å². The lowest BCUT2D eigenvalue weighted by atomic mass is 9.80. The van der Waals surface area contributed by atoms with Crippen LogP contribution in [0, 0.1) is 0 Å². The van der Waals surface area contributed by atoms with E-state index in [2.05, 4.69) is 19.2 Å². The minimum absolute atomic E-state index is 0.0874. The van der Waals surface area contributed by atoms with Crippen LogP contribution in [0.25, 0.3) is 0 Å². The molecule has 0 bridgehead atoms. The summed E-state index contributed by atoms with van der Waals surface area (Å²) in [4.78, 5) is 27.6. The zero-order valence-corrected chi connectivity index (χ0v) is 29.8. The third kappa shape index (κ3) is 11.2. The van der Waals surface area contributed by atoms with E-state index in [1.54, 1.807) is 39.0 Å². The molecule has 1 atom stereocenters. The summed E-state index contributed by atoms with van der Waals surface area (Å²) < 4.78 is 11.1. The average Bonchev–Trinajstić information content (AvgIpc) is 2.92. The van der Waals surface area contributed by atoms with Crippen molar-refractivity contribution in [1.29, 1.82) is 0 Å². The monoisotopic (exact) mass is 721 g/mol. The maximum Gasteiger partial charge on any atom is 0.196 e. The van der Waals surface area contributed by atoms with Crippen LogP contribution in [0.1, 0.15) is 131 Å². The molecule has 1 aliphatic rings. The number of hydrogen-bond donors (Lipinski definition) is 3. The molecule has 3 rings (SSSR count). The van der Waals surface area contributed by atoms with Crippen molar-refractivity contribution in [3.05, 3.63) is 64.2 Å². The first-order valence-corrected chi connectivity index (χ1v) is 17.0. The van der Waals surface area contributed by atoms with Gasteiger partial charge in [0.25, 0.3) is 0 Å². The number of aryl methyl sites for hydroxylation is 1. The number of rotatable bonds is 18. The molecule has 3 N–H and O–H groups in total. The first-order chi connectivity index (χ1) is 20.4. The van der Waals surface area contributed by atoms with Gasteiger partial charge in [-0.1, -0.05) is 43.2 Å². The normalized spacial score (nSPS) is 15.1. The maximum atomic E-state index is 13.8. The summed E-state index contributed by atoms with van der Waals surface area (Å²) in [5.41, 5.74) is 2.13. The number of nitrogens with one attached hydrogen (secondary N) is 1. The number of aliphatic hydroxyl groups is 2. The molecule has 7 nitrogen and oxygen atoms in total. The molecule has 1 unspecified atom stereocenters. The SMILES string of the molecule is CC(C)(O)CCOC(C)(C)CCCNc1ccc(CCCCCC(C)(C)OCC(C)(O)I)c2c1C(=O)c1ccccc1C2=O. The Morgan fingerprint density at radius 1 is 0.727 bits per heavy atom. The van der Waals surface area contributed by atoms with Crippen LogP contribution in [0.2, 0.25) is 0 Å². The highest BCUT2D eigenvalue weighted by Gasteiger charge is 2.33. The molecule has 0 saturated heterocycles. The Morgan fingerprint density at radius 3 is 1.93 bits per heavy atom. The van der Waals surface area contributed by atoms with Gasteiger partial charge < -0.3 is 25.0 Å². The molecular formula is C36H52INO6. The number of anilines is 1. The molecule has 0 aliphatic heterocycles. The Balaban J connectivity index is 1.67. The Bertz CT molecular complexity index is 1290. The highest BCUT2D eigenvalue weighted by atomic mass is 127. The van der Waals surface area contributed by atoms with E-state index in [-0.39, 0.29) is 29.4 Å². The summed E-state index contributed by atoms with van der Waals surface area (Å²) >= 11 is 1.98. The van der Waals surface area contributed by atoms with Crippen molar-refractivity contribution >= 4 is 39.8 Å². The van der Waals surface area contributed by atoms with Crippen molar-refractivity contribution in [2.45, 2.75) is 120 Å². The molecule has 1 aliphatic carbocycles. The van der Waals surface area contributed by atoms with Crippen molar-refractivity contribution < 1.29 is 29.3 Å². The van der Waals surface area contributed by atoms with E-state index < -0.39 is 9.21 Å². The number of carbonyl (C=O) groups excluding carboxylic acids is 2. The van der Waals surface area contributed by atoms with E-state index in [9.17, 15) is 19.8 Å². The second-order valence-corrected chi connectivity index (χ2v) is 16.5. The molecule has 0 amide bonds. The van der Waals surface area contributed by atoms with Crippen molar-refractivity contribution in [2.75, 3.05) is 25.1 Å². The lowest BCUT2D eigenvalue weighted by Gasteiger charge is -2.28. The van der Waals surface area contributed by atoms with Gasteiger partial charge in [0.1, 0.15) is 3.61 Å². The molecule has 0 heterocycles. The van der Waals surface area contributed by atoms with Gasteiger partial charge >= 0.3 is 0 Å². The highest BCUT2D eigenvalue weighted by molar-refractivity contribution is 14.1. The number of alkyl halides is 1. The Kier molecular flexibility index (Phi) is 12.6. The third-order valence-electron chi connectivity index (χ3n) is 8.09. The number of benzene rings is 2. The summed E-state index contributed by atoms with van der Waals surface area (Å²) in [6, 6.07) is 11.0. The molecule has 8 heteroatoms.